The van der Waals surface area contributed by atoms with Crippen molar-refractivity contribution >= 4 is 33.1 Å². The highest BCUT2D eigenvalue weighted by molar-refractivity contribution is 7.18. The van der Waals surface area contributed by atoms with E-state index in [0.29, 0.717) is 16.8 Å². The Morgan fingerprint density at radius 1 is 1.31 bits per heavy atom. The Labute approximate surface area is 154 Å². The molecule has 1 aromatic carbocycles. The van der Waals surface area contributed by atoms with E-state index >= 15 is 0 Å². The van der Waals surface area contributed by atoms with Gasteiger partial charge in [-0.05, 0) is 43.4 Å². The Kier molecular flexibility index (Phi) is 4.46. The van der Waals surface area contributed by atoms with E-state index in [2.05, 4.69) is 10.3 Å². The van der Waals surface area contributed by atoms with Crippen LogP contribution in [0.1, 0.15) is 23.3 Å². The molecule has 1 aliphatic rings. The molecule has 2 heterocycles. The molecule has 26 heavy (non-hydrogen) atoms. The lowest BCUT2D eigenvalue weighted by atomic mass is 9.97. The van der Waals surface area contributed by atoms with Crippen LogP contribution in [0.15, 0.2) is 35.4 Å². The van der Waals surface area contributed by atoms with Crippen LogP contribution in [0.2, 0.25) is 0 Å². The summed E-state index contributed by atoms with van der Waals surface area (Å²) in [7, 11) is 1.55. The molecule has 4 rings (SSSR count). The van der Waals surface area contributed by atoms with Gasteiger partial charge in [0.05, 0.1) is 24.5 Å². The summed E-state index contributed by atoms with van der Waals surface area (Å²) in [6.45, 7) is -0.0789. The van der Waals surface area contributed by atoms with Gasteiger partial charge in [0.15, 0.2) is 0 Å². The number of carbonyl (C=O) groups is 1. The quantitative estimate of drug-likeness (QED) is 0.767. The van der Waals surface area contributed by atoms with E-state index in [0.717, 1.165) is 36.1 Å². The van der Waals surface area contributed by atoms with Crippen molar-refractivity contribution in [1.82, 2.24) is 9.55 Å². The normalized spacial score (nSPS) is 13.4. The van der Waals surface area contributed by atoms with Crippen molar-refractivity contribution in [1.29, 1.82) is 0 Å². The van der Waals surface area contributed by atoms with Crippen LogP contribution in [0.25, 0.3) is 10.2 Å². The number of amides is 1. The third kappa shape index (κ3) is 2.99. The molecule has 0 aliphatic heterocycles. The minimum atomic E-state index is -0.290. The third-order valence-electron chi connectivity index (χ3n) is 4.64. The van der Waals surface area contributed by atoms with Gasteiger partial charge in [-0.3, -0.25) is 14.2 Å². The summed E-state index contributed by atoms with van der Waals surface area (Å²) in [5, 5.41) is 3.48. The Balaban J connectivity index is 1.62. The summed E-state index contributed by atoms with van der Waals surface area (Å²) in [6.07, 6.45) is 5.67. The maximum atomic E-state index is 12.9. The summed E-state index contributed by atoms with van der Waals surface area (Å²) in [5.41, 5.74) is 1.58. The number of hydrogen-bond acceptors (Lipinski definition) is 5. The number of carbonyl (C=O) groups excluding carboxylic acids is 1. The third-order valence-corrected chi connectivity index (χ3v) is 5.84. The van der Waals surface area contributed by atoms with Crippen molar-refractivity contribution in [2.75, 3.05) is 12.4 Å². The van der Waals surface area contributed by atoms with Crippen LogP contribution in [-0.4, -0.2) is 22.6 Å². The number of methoxy groups -OCH3 is 1. The molecule has 0 saturated heterocycles. The van der Waals surface area contributed by atoms with E-state index in [9.17, 15) is 9.59 Å². The zero-order chi connectivity index (χ0) is 18.1. The molecule has 134 valence electrons. The van der Waals surface area contributed by atoms with Crippen molar-refractivity contribution in [2.24, 2.45) is 0 Å². The number of aryl methyl sites for hydroxylation is 2. The number of hydrogen-bond donors (Lipinski definition) is 1. The van der Waals surface area contributed by atoms with Crippen LogP contribution in [0, 0.1) is 0 Å². The summed E-state index contributed by atoms with van der Waals surface area (Å²) in [4.78, 5) is 31.8. The molecule has 0 atom stereocenters. The maximum absolute atomic E-state index is 12.9. The molecule has 3 aromatic rings. The van der Waals surface area contributed by atoms with Gasteiger partial charge in [-0.1, -0.05) is 12.1 Å². The van der Waals surface area contributed by atoms with E-state index < -0.39 is 0 Å². The molecule has 1 N–H and O–H groups in total. The summed E-state index contributed by atoms with van der Waals surface area (Å²) in [5.74, 6) is 0.288. The molecule has 1 aliphatic carbocycles. The van der Waals surface area contributed by atoms with Gasteiger partial charge in [-0.2, -0.15) is 0 Å². The molecule has 0 fully saturated rings. The predicted molar refractivity (Wildman–Crippen MR) is 102 cm³/mol. The average Bonchev–Trinajstić information content (AvgIpc) is 3.04. The number of nitrogens with zero attached hydrogens (tertiary/aromatic N) is 2. The second-order valence-electron chi connectivity index (χ2n) is 6.32. The zero-order valence-electron chi connectivity index (χ0n) is 14.4. The number of thiophene rings is 1. The van der Waals surface area contributed by atoms with Crippen molar-refractivity contribution < 1.29 is 9.53 Å². The van der Waals surface area contributed by atoms with Gasteiger partial charge in [0.2, 0.25) is 5.91 Å². The number of ether oxygens (including phenoxy) is 1. The second-order valence-corrected chi connectivity index (χ2v) is 7.40. The highest BCUT2D eigenvalue weighted by Crippen LogP contribution is 2.33. The van der Waals surface area contributed by atoms with E-state index in [-0.39, 0.29) is 18.0 Å². The summed E-state index contributed by atoms with van der Waals surface area (Å²) in [6, 6.07) is 7.18. The van der Waals surface area contributed by atoms with Crippen molar-refractivity contribution in [3.63, 3.8) is 0 Å². The lowest BCUT2D eigenvalue weighted by Gasteiger charge is -2.11. The molecule has 6 nitrogen and oxygen atoms in total. The van der Waals surface area contributed by atoms with Crippen LogP contribution in [0.3, 0.4) is 0 Å². The first-order chi connectivity index (χ1) is 12.7. The van der Waals surface area contributed by atoms with E-state index in [4.69, 9.17) is 4.74 Å². The number of anilines is 1. The fraction of sp³-hybridized carbons (Fsp3) is 0.316. The van der Waals surface area contributed by atoms with E-state index in [1.165, 1.54) is 15.8 Å². The van der Waals surface area contributed by atoms with Gasteiger partial charge in [0.25, 0.3) is 5.56 Å². The van der Waals surface area contributed by atoms with Crippen LogP contribution in [-0.2, 0) is 24.2 Å². The van der Waals surface area contributed by atoms with E-state index in [1.54, 1.807) is 30.6 Å². The lowest BCUT2D eigenvalue weighted by molar-refractivity contribution is -0.116. The number of fused-ring (bicyclic) bond motifs is 3. The molecule has 1 amide bonds. The monoisotopic (exact) mass is 369 g/mol. The van der Waals surface area contributed by atoms with Gasteiger partial charge >= 0.3 is 0 Å². The first kappa shape index (κ1) is 16.8. The van der Waals surface area contributed by atoms with Crippen LogP contribution in [0.4, 0.5) is 5.69 Å². The van der Waals surface area contributed by atoms with Gasteiger partial charge in [0, 0.05) is 4.88 Å². The first-order valence-electron chi connectivity index (χ1n) is 8.60. The number of rotatable bonds is 4. The van der Waals surface area contributed by atoms with Crippen molar-refractivity contribution in [2.45, 2.75) is 32.2 Å². The Bertz CT molecular complexity index is 1040. The van der Waals surface area contributed by atoms with Gasteiger partial charge in [-0.15, -0.1) is 11.3 Å². The average molecular weight is 369 g/mol. The Morgan fingerprint density at radius 2 is 2.12 bits per heavy atom. The minimum Gasteiger partial charge on any atom is -0.495 e. The standard InChI is InChI=1S/C19H19N3O3S/c1-25-14-8-4-3-7-13(14)21-16(23)10-22-11-20-18-17(19(22)24)12-6-2-5-9-15(12)26-18/h3-4,7-8,11H,2,5-6,9-10H2,1H3,(H,21,23). The number of para-hydroxylation sites is 2. The highest BCUT2D eigenvalue weighted by atomic mass is 32.1. The minimum absolute atomic E-state index is 0.0789. The van der Waals surface area contributed by atoms with Gasteiger partial charge in [-0.25, -0.2) is 4.98 Å². The van der Waals surface area contributed by atoms with Crippen LogP contribution < -0.4 is 15.6 Å². The summed E-state index contributed by atoms with van der Waals surface area (Å²) < 4.78 is 6.62. The molecular weight excluding hydrogens is 350 g/mol. The SMILES string of the molecule is COc1ccccc1NC(=O)Cn1cnc2sc3c(c2c1=O)CCCC3. The molecule has 0 spiro atoms. The maximum Gasteiger partial charge on any atom is 0.262 e. The Hall–Kier alpha value is -2.67. The topological polar surface area (TPSA) is 73.2 Å². The first-order valence-corrected chi connectivity index (χ1v) is 9.41. The van der Waals surface area contributed by atoms with E-state index in [1.807, 2.05) is 12.1 Å². The molecule has 7 heteroatoms. The van der Waals surface area contributed by atoms with Gasteiger partial charge in [0.1, 0.15) is 17.1 Å². The molecule has 0 saturated carbocycles. The molecule has 0 bridgehead atoms. The number of benzene rings is 1. The molecule has 0 radical (unpaired) electrons. The van der Waals surface area contributed by atoms with Crippen molar-refractivity contribution in [3.8, 4) is 5.75 Å². The Morgan fingerprint density at radius 3 is 2.96 bits per heavy atom. The van der Waals surface area contributed by atoms with Crippen LogP contribution >= 0.6 is 11.3 Å². The molecule has 0 unspecified atom stereocenters. The second kappa shape index (κ2) is 6.92. The van der Waals surface area contributed by atoms with Crippen LogP contribution in [0.5, 0.6) is 5.75 Å². The molecule has 2 aromatic heterocycles. The molecular formula is C19H19N3O3S. The lowest BCUT2D eigenvalue weighted by Crippen LogP contribution is -2.28. The largest absolute Gasteiger partial charge is 0.495 e. The fourth-order valence-corrected chi connectivity index (χ4v) is 4.61. The predicted octanol–water partition coefficient (Wildman–Crippen LogP) is 2.98. The van der Waals surface area contributed by atoms with Gasteiger partial charge < -0.3 is 10.1 Å². The van der Waals surface area contributed by atoms with Crippen molar-refractivity contribution in [3.05, 3.63) is 51.4 Å². The summed E-state index contributed by atoms with van der Waals surface area (Å²) >= 11 is 1.61. The smallest absolute Gasteiger partial charge is 0.262 e. The fourth-order valence-electron chi connectivity index (χ4n) is 3.39. The zero-order valence-corrected chi connectivity index (χ0v) is 15.3. The number of nitrogens with one attached hydrogen (secondary N) is 1. The highest BCUT2D eigenvalue weighted by Gasteiger charge is 2.20. The number of aromatic nitrogens is 2.